The highest BCUT2D eigenvalue weighted by Crippen LogP contribution is 2.34. The summed E-state index contributed by atoms with van der Waals surface area (Å²) >= 11 is 0. The van der Waals surface area contributed by atoms with E-state index in [-0.39, 0.29) is 11.9 Å². The Morgan fingerprint density at radius 3 is 2.79 bits per heavy atom. The molecule has 0 saturated heterocycles. The van der Waals surface area contributed by atoms with Gasteiger partial charge in [-0.2, -0.15) is 0 Å². The average molecular weight is 257 g/mol. The Hall–Kier alpha value is -2.03. The van der Waals surface area contributed by atoms with E-state index in [1.807, 2.05) is 31.2 Å². The van der Waals surface area contributed by atoms with E-state index in [0.29, 0.717) is 12.2 Å². The van der Waals surface area contributed by atoms with Crippen LogP contribution in [0.5, 0.6) is 5.75 Å². The number of ether oxygens (including phenoxy) is 1. The van der Waals surface area contributed by atoms with Gasteiger partial charge in [0.05, 0.1) is 11.7 Å². The summed E-state index contributed by atoms with van der Waals surface area (Å²) in [4.78, 5) is 0. The zero-order valence-electron chi connectivity index (χ0n) is 11.0. The average Bonchev–Trinajstić information content (AvgIpc) is 2.41. The Morgan fingerprint density at radius 2 is 2.00 bits per heavy atom. The molecule has 98 valence electrons. The van der Waals surface area contributed by atoms with Crippen molar-refractivity contribution in [2.24, 2.45) is 0 Å². The third kappa shape index (κ3) is 2.28. The summed E-state index contributed by atoms with van der Waals surface area (Å²) in [6.45, 7) is 4.38. The van der Waals surface area contributed by atoms with Gasteiger partial charge in [0.15, 0.2) is 0 Å². The van der Waals surface area contributed by atoms with E-state index >= 15 is 0 Å². The van der Waals surface area contributed by atoms with Gasteiger partial charge >= 0.3 is 0 Å². The van der Waals surface area contributed by atoms with Crippen molar-refractivity contribution in [2.45, 2.75) is 19.9 Å². The number of nitrogens with one attached hydrogen (secondary N) is 1. The maximum atomic E-state index is 13.3. The van der Waals surface area contributed by atoms with E-state index in [4.69, 9.17) is 4.74 Å². The lowest BCUT2D eigenvalue weighted by Gasteiger charge is -2.28. The molecule has 1 aliphatic heterocycles. The molecule has 1 unspecified atom stereocenters. The fourth-order valence-electron chi connectivity index (χ4n) is 2.35. The largest absolute Gasteiger partial charge is 0.489 e. The SMILES string of the molecule is Cc1ccc2c(c1)NC(c1ccc(F)c(C)c1)CO2. The highest BCUT2D eigenvalue weighted by atomic mass is 19.1. The number of benzene rings is 2. The summed E-state index contributed by atoms with van der Waals surface area (Å²) in [5, 5.41) is 3.45. The smallest absolute Gasteiger partial charge is 0.142 e. The van der Waals surface area contributed by atoms with Gasteiger partial charge in [0.25, 0.3) is 0 Å². The predicted molar refractivity (Wildman–Crippen MR) is 74.2 cm³/mol. The maximum absolute atomic E-state index is 13.3. The second kappa shape index (κ2) is 4.57. The summed E-state index contributed by atoms with van der Waals surface area (Å²) in [6, 6.07) is 11.3. The molecule has 0 aromatic heterocycles. The first-order valence-electron chi connectivity index (χ1n) is 6.39. The maximum Gasteiger partial charge on any atom is 0.142 e. The van der Waals surface area contributed by atoms with Crippen LogP contribution in [0.1, 0.15) is 22.7 Å². The third-order valence-corrected chi connectivity index (χ3v) is 3.45. The lowest BCUT2D eigenvalue weighted by molar-refractivity contribution is 0.286. The highest BCUT2D eigenvalue weighted by molar-refractivity contribution is 5.60. The molecule has 19 heavy (non-hydrogen) atoms. The van der Waals surface area contributed by atoms with Gasteiger partial charge in [0.1, 0.15) is 18.2 Å². The molecule has 1 aliphatic rings. The molecule has 1 heterocycles. The summed E-state index contributed by atoms with van der Waals surface area (Å²) in [7, 11) is 0. The molecular weight excluding hydrogens is 241 g/mol. The van der Waals surface area contributed by atoms with Crippen LogP contribution in [0.4, 0.5) is 10.1 Å². The molecule has 2 aromatic rings. The van der Waals surface area contributed by atoms with E-state index in [9.17, 15) is 4.39 Å². The van der Waals surface area contributed by atoms with E-state index < -0.39 is 0 Å². The highest BCUT2D eigenvalue weighted by Gasteiger charge is 2.20. The third-order valence-electron chi connectivity index (χ3n) is 3.45. The molecule has 1 N–H and O–H groups in total. The van der Waals surface area contributed by atoms with Gasteiger partial charge in [-0.15, -0.1) is 0 Å². The van der Waals surface area contributed by atoms with Gasteiger partial charge in [-0.3, -0.25) is 0 Å². The second-order valence-corrected chi connectivity index (χ2v) is 5.02. The summed E-state index contributed by atoms with van der Waals surface area (Å²) in [6.07, 6.45) is 0. The minimum Gasteiger partial charge on any atom is -0.489 e. The Kier molecular flexibility index (Phi) is 2.90. The van der Waals surface area contributed by atoms with Crippen LogP contribution in [-0.2, 0) is 0 Å². The van der Waals surface area contributed by atoms with Crippen molar-refractivity contribution >= 4 is 5.69 Å². The molecule has 0 aliphatic carbocycles. The zero-order chi connectivity index (χ0) is 13.4. The minimum absolute atomic E-state index is 0.0635. The van der Waals surface area contributed by atoms with Crippen LogP contribution in [0.2, 0.25) is 0 Å². The minimum atomic E-state index is -0.170. The van der Waals surface area contributed by atoms with Crippen LogP contribution in [0.15, 0.2) is 36.4 Å². The lowest BCUT2D eigenvalue weighted by Crippen LogP contribution is -2.24. The number of anilines is 1. The number of hydrogen-bond acceptors (Lipinski definition) is 2. The molecule has 2 aromatic carbocycles. The van der Waals surface area contributed by atoms with Crippen molar-refractivity contribution in [3.63, 3.8) is 0 Å². The van der Waals surface area contributed by atoms with Gasteiger partial charge in [-0.25, -0.2) is 4.39 Å². The Balaban J connectivity index is 1.90. The molecule has 0 amide bonds. The van der Waals surface area contributed by atoms with E-state index in [0.717, 1.165) is 17.0 Å². The normalized spacial score (nSPS) is 17.3. The lowest BCUT2D eigenvalue weighted by atomic mass is 10.0. The standard InChI is InChI=1S/C16H16FNO/c1-10-3-6-16-14(7-10)18-15(9-19-16)12-4-5-13(17)11(2)8-12/h3-8,15,18H,9H2,1-2H3. The van der Waals surface area contributed by atoms with E-state index in [1.54, 1.807) is 6.92 Å². The van der Waals surface area contributed by atoms with Crippen LogP contribution in [0, 0.1) is 19.7 Å². The first kappa shape index (κ1) is 12.0. The molecule has 3 rings (SSSR count). The molecular formula is C16H16FNO. The summed E-state index contributed by atoms with van der Waals surface area (Å²) in [5.74, 6) is 0.706. The monoisotopic (exact) mass is 257 g/mol. The van der Waals surface area contributed by atoms with Crippen molar-refractivity contribution in [1.29, 1.82) is 0 Å². The number of fused-ring (bicyclic) bond motifs is 1. The van der Waals surface area contributed by atoms with E-state index in [2.05, 4.69) is 11.4 Å². The van der Waals surface area contributed by atoms with Crippen LogP contribution in [0.25, 0.3) is 0 Å². The molecule has 0 spiro atoms. The fraction of sp³-hybridized carbons (Fsp3) is 0.250. The van der Waals surface area contributed by atoms with Gasteiger partial charge in [0.2, 0.25) is 0 Å². The van der Waals surface area contributed by atoms with Gasteiger partial charge in [-0.1, -0.05) is 18.2 Å². The van der Waals surface area contributed by atoms with Crippen molar-refractivity contribution < 1.29 is 9.13 Å². The van der Waals surface area contributed by atoms with Crippen LogP contribution in [-0.4, -0.2) is 6.61 Å². The van der Waals surface area contributed by atoms with Crippen LogP contribution >= 0.6 is 0 Å². The predicted octanol–water partition coefficient (Wildman–Crippen LogP) is 3.99. The first-order chi connectivity index (χ1) is 9.13. The Labute approximate surface area is 112 Å². The molecule has 2 nitrogen and oxygen atoms in total. The number of hydrogen-bond donors (Lipinski definition) is 1. The number of halogens is 1. The molecule has 0 fully saturated rings. The molecule has 0 radical (unpaired) electrons. The molecule has 1 atom stereocenters. The van der Waals surface area contributed by atoms with Crippen molar-refractivity contribution in [3.8, 4) is 5.75 Å². The van der Waals surface area contributed by atoms with Gasteiger partial charge in [0, 0.05) is 0 Å². The Morgan fingerprint density at radius 1 is 1.16 bits per heavy atom. The topological polar surface area (TPSA) is 21.3 Å². The van der Waals surface area contributed by atoms with Gasteiger partial charge < -0.3 is 10.1 Å². The second-order valence-electron chi connectivity index (χ2n) is 5.02. The van der Waals surface area contributed by atoms with Crippen LogP contribution in [0.3, 0.4) is 0 Å². The van der Waals surface area contributed by atoms with Crippen LogP contribution < -0.4 is 10.1 Å². The van der Waals surface area contributed by atoms with Gasteiger partial charge in [-0.05, 0) is 48.7 Å². The summed E-state index contributed by atoms with van der Waals surface area (Å²) < 4.78 is 19.1. The number of rotatable bonds is 1. The van der Waals surface area contributed by atoms with E-state index in [1.165, 1.54) is 11.6 Å². The molecule has 3 heteroatoms. The van der Waals surface area contributed by atoms with Crippen molar-refractivity contribution in [3.05, 3.63) is 58.9 Å². The Bertz CT molecular complexity index is 624. The molecule has 0 bridgehead atoms. The summed E-state index contributed by atoms with van der Waals surface area (Å²) in [5.41, 5.74) is 3.89. The zero-order valence-corrected chi connectivity index (χ0v) is 11.0. The number of aryl methyl sites for hydroxylation is 2. The van der Waals surface area contributed by atoms with Crippen molar-refractivity contribution in [2.75, 3.05) is 11.9 Å². The van der Waals surface area contributed by atoms with Crippen molar-refractivity contribution in [1.82, 2.24) is 0 Å². The molecule has 0 saturated carbocycles. The first-order valence-corrected chi connectivity index (χ1v) is 6.39. The fourth-order valence-corrected chi connectivity index (χ4v) is 2.35. The quantitative estimate of drug-likeness (QED) is 0.834.